The Labute approximate surface area is 579 Å². The Kier molecular flexibility index (Phi) is 39.3. The Morgan fingerprint density at radius 2 is 0.929 bits per heavy atom. The summed E-state index contributed by atoms with van der Waals surface area (Å²) in [7, 11) is 3.16. The van der Waals surface area contributed by atoms with Gasteiger partial charge in [-0.2, -0.15) is 11.8 Å². The Balaban J connectivity index is 0.000000318. The number of carboxylic acids is 3. The van der Waals surface area contributed by atoms with Crippen molar-refractivity contribution in [3.8, 4) is 23.0 Å². The molecule has 532 valence electrons. The van der Waals surface area contributed by atoms with Gasteiger partial charge in [0.25, 0.3) is 0 Å². The highest BCUT2D eigenvalue weighted by Crippen LogP contribution is 2.27. The fourth-order valence-corrected chi connectivity index (χ4v) is 10.2. The predicted octanol–water partition coefficient (Wildman–Crippen LogP) is 8.43. The number of hydrogen-bond acceptors (Lipinski definition) is 15. The molecule has 0 bridgehead atoms. The number of carboxylic acid groups (broad SMARTS) is 3. The first-order chi connectivity index (χ1) is 47.2. The number of rotatable bonds is 42. The number of nitrogens with one attached hydrogen (secondary N) is 6. The molecule has 23 nitrogen and oxygen atoms in total. The second-order valence-electron chi connectivity index (χ2n) is 23.7. The molecule has 9 N–H and O–H groups in total. The molecule has 1 saturated carbocycles. The lowest BCUT2D eigenvalue weighted by atomic mass is 10.0. The summed E-state index contributed by atoms with van der Waals surface area (Å²) in [5.41, 5.74) is 4.57. The van der Waals surface area contributed by atoms with Gasteiger partial charge >= 0.3 is 17.9 Å². The summed E-state index contributed by atoms with van der Waals surface area (Å²) in [6.45, 7) is 6.76. The van der Waals surface area contributed by atoms with Crippen LogP contribution in [0, 0.1) is 11.8 Å². The molecule has 6 amide bonds. The zero-order valence-electron chi connectivity index (χ0n) is 56.9. The van der Waals surface area contributed by atoms with Crippen molar-refractivity contribution >= 4 is 71.2 Å². The van der Waals surface area contributed by atoms with Gasteiger partial charge in [0.2, 0.25) is 35.4 Å². The summed E-state index contributed by atoms with van der Waals surface area (Å²) in [5, 5.41) is 43.2. The van der Waals surface area contributed by atoms with Crippen LogP contribution >= 0.6 is 11.8 Å². The number of aliphatic carboxylic acids is 3. The van der Waals surface area contributed by atoms with E-state index in [0.29, 0.717) is 127 Å². The molecule has 5 aromatic carbocycles. The maximum atomic E-state index is 13.1. The first-order valence-corrected chi connectivity index (χ1v) is 34.5. The lowest BCUT2D eigenvalue weighted by Gasteiger charge is -2.20. The van der Waals surface area contributed by atoms with Crippen LogP contribution in [0.1, 0.15) is 112 Å². The van der Waals surface area contributed by atoms with E-state index in [2.05, 4.69) is 31.9 Å². The molecule has 0 unspecified atom stereocenters. The van der Waals surface area contributed by atoms with E-state index in [1.807, 2.05) is 111 Å². The summed E-state index contributed by atoms with van der Waals surface area (Å²) in [6, 6.07) is 36.7. The smallest absolute Gasteiger partial charge is 0.303 e. The van der Waals surface area contributed by atoms with E-state index >= 15 is 0 Å². The topological polar surface area (TPSA) is 333 Å². The minimum absolute atomic E-state index is 0.0474. The van der Waals surface area contributed by atoms with E-state index < -0.39 is 36.0 Å². The van der Waals surface area contributed by atoms with E-state index in [9.17, 15) is 43.2 Å². The normalized spacial score (nSPS) is 12.6. The third-order valence-corrected chi connectivity index (χ3v) is 15.6. The van der Waals surface area contributed by atoms with E-state index in [0.717, 1.165) is 46.4 Å². The molecule has 0 saturated heterocycles. The number of benzene rings is 5. The average Bonchev–Trinajstić information content (AvgIpc) is 1.14. The first-order valence-electron chi connectivity index (χ1n) is 33.1. The quantitative estimate of drug-likeness (QED) is 0.0131. The van der Waals surface area contributed by atoms with Crippen molar-refractivity contribution in [2.75, 3.05) is 72.3 Å². The summed E-state index contributed by atoms with van der Waals surface area (Å²) < 4.78 is 26.7. The van der Waals surface area contributed by atoms with Crippen molar-refractivity contribution < 1.29 is 82.2 Å². The lowest BCUT2D eigenvalue weighted by molar-refractivity contribution is -0.138. The Bertz CT molecular complexity index is 3220. The van der Waals surface area contributed by atoms with Crippen LogP contribution in [0.15, 0.2) is 133 Å². The van der Waals surface area contributed by atoms with Crippen LogP contribution in [0.25, 0.3) is 6.08 Å². The molecule has 1 aliphatic rings. The van der Waals surface area contributed by atoms with E-state index in [1.54, 1.807) is 56.7 Å². The number of hydrogen-bond donors (Lipinski definition) is 9. The molecule has 3 atom stereocenters. The van der Waals surface area contributed by atoms with Crippen LogP contribution in [-0.4, -0.2) is 159 Å². The van der Waals surface area contributed by atoms with E-state index in [-0.39, 0.29) is 60.5 Å². The van der Waals surface area contributed by atoms with E-state index in [1.165, 1.54) is 30.7 Å². The molecule has 6 rings (SSSR count). The molecular formula is C74H98N6O17S. The minimum Gasteiger partial charge on any atom is -0.497 e. The zero-order valence-corrected chi connectivity index (χ0v) is 57.7. The van der Waals surface area contributed by atoms with E-state index in [4.69, 9.17) is 39.0 Å². The number of thioether (sulfide) groups is 1. The fourth-order valence-electron chi connectivity index (χ4n) is 9.87. The Morgan fingerprint density at radius 3 is 1.36 bits per heavy atom. The fraction of sp³-hybridized carbons (Fsp3) is 0.446. The maximum absolute atomic E-state index is 13.1. The minimum atomic E-state index is -0.858. The van der Waals surface area contributed by atoms with Crippen LogP contribution in [-0.2, 0) is 73.6 Å². The van der Waals surface area contributed by atoms with Crippen molar-refractivity contribution in [1.82, 2.24) is 31.9 Å². The highest BCUT2D eigenvalue weighted by Gasteiger charge is 2.26. The van der Waals surface area contributed by atoms with Crippen molar-refractivity contribution in [1.29, 1.82) is 0 Å². The van der Waals surface area contributed by atoms with Crippen molar-refractivity contribution in [2.45, 2.75) is 128 Å². The van der Waals surface area contributed by atoms with Crippen molar-refractivity contribution in [3.63, 3.8) is 0 Å². The second-order valence-corrected chi connectivity index (χ2v) is 24.6. The van der Waals surface area contributed by atoms with Crippen molar-refractivity contribution in [3.05, 3.63) is 161 Å². The lowest BCUT2D eigenvalue weighted by Crippen LogP contribution is -2.49. The molecule has 0 heterocycles. The van der Waals surface area contributed by atoms with Gasteiger partial charge in [-0.05, 0) is 139 Å². The molecule has 0 aliphatic heterocycles. The SMILES string of the molecule is CC(C)CNC(=O)[C@H](Cc1ccc(OCCCC(=O)O)cc1)NC(=O)CC1CCCC1.COCCNC(=O)[C@H](Cc1ccc(OCCCC(=O)O)cc1)NC(=O)CSC.COc1ccc(CCNC(=O)[C@H](Cc2ccc(OCCCC(=O)O)cc2)NC(=O)/C=C/c2ccccc2)cc1. The molecule has 5 aromatic rings. The van der Waals surface area contributed by atoms with Gasteiger partial charge in [-0.25, -0.2) is 0 Å². The summed E-state index contributed by atoms with van der Waals surface area (Å²) in [4.78, 5) is 107. The third-order valence-electron chi connectivity index (χ3n) is 15.0. The summed E-state index contributed by atoms with van der Waals surface area (Å²) in [6.07, 6.45) is 13.1. The highest BCUT2D eigenvalue weighted by molar-refractivity contribution is 7.99. The van der Waals surface area contributed by atoms with Crippen LogP contribution in [0.2, 0.25) is 0 Å². The number of amides is 6. The molecule has 0 spiro atoms. The van der Waals surface area contributed by atoms with Crippen LogP contribution in [0.3, 0.4) is 0 Å². The van der Waals surface area contributed by atoms with Crippen LogP contribution in [0.4, 0.5) is 0 Å². The monoisotopic (exact) mass is 1370 g/mol. The molecule has 98 heavy (non-hydrogen) atoms. The highest BCUT2D eigenvalue weighted by atomic mass is 32.2. The standard InChI is InChI=1S/C31H34N2O6.C24H36N2O5.C19H28N2O6S/c1-38-26-14-9-24(10-15-26)19-20-32-31(37)28(33-29(34)18-13-23-6-3-2-4-7-23)22-25-11-16-27(17-12-25)39-21-5-8-30(35)36;1-17(2)16-25-24(30)21(26-22(27)15-18-6-3-4-7-18)14-19-9-11-20(12-10-19)31-13-5-8-23(28)29;1-26-11-9-20-19(25)16(21-17(22)13-28-2)12-14-5-7-15(8-6-14)27-10-3-4-18(23)24/h2-4,6-7,9-18,28H,5,8,19-22H2,1H3,(H,32,37)(H,33,34)(H,35,36);9-12,17-18,21H,3-8,13-16H2,1-2H3,(H,25,30)(H,26,27)(H,28,29);5-8,16H,3-4,9-13H2,1-2H3,(H,20,25)(H,21,22)(H,23,24)/b18-13+;;/t28-;21-;16-/m000/s1. The third kappa shape index (κ3) is 36.1. The van der Waals surface area contributed by atoms with Crippen molar-refractivity contribution in [2.24, 2.45) is 11.8 Å². The number of methoxy groups -OCH3 is 2. The van der Waals surface area contributed by atoms with Gasteiger partial charge in [0.1, 0.15) is 41.1 Å². The number of ether oxygens (including phenoxy) is 5. The molecular weight excluding hydrogens is 1280 g/mol. The molecule has 0 radical (unpaired) electrons. The Morgan fingerprint density at radius 1 is 0.510 bits per heavy atom. The van der Waals surface area contributed by atoms with Gasteiger partial charge in [-0.1, -0.05) is 106 Å². The number of carbonyl (C=O) groups excluding carboxylic acids is 6. The second kappa shape index (κ2) is 47.5. The van der Waals surface area contributed by atoms with Gasteiger partial charge in [-0.3, -0.25) is 43.2 Å². The van der Waals surface area contributed by atoms with Crippen LogP contribution in [0.5, 0.6) is 23.0 Å². The van der Waals surface area contributed by atoms with Gasteiger partial charge in [0.15, 0.2) is 0 Å². The Hall–Kier alpha value is -9.42. The average molecular weight is 1380 g/mol. The maximum Gasteiger partial charge on any atom is 0.303 e. The van der Waals surface area contributed by atoms with Crippen LogP contribution < -0.4 is 50.8 Å². The summed E-state index contributed by atoms with van der Waals surface area (Å²) >= 11 is 1.39. The van der Waals surface area contributed by atoms with Gasteiger partial charge in [0, 0.05) is 77.8 Å². The zero-order chi connectivity index (χ0) is 71.3. The van der Waals surface area contributed by atoms with Gasteiger partial charge in [0.05, 0.1) is 39.3 Å². The first kappa shape index (κ1) is 81.0. The molecule has 1 fully saturated rings. The number of carbonyl (C=O) groups is 9. The molecule has 24 heteroatoms. The molecule has 1 aliphatic carbocycles. The molecule has 0 aromatic heterocycles. The van der Waals surface area contributed by atoms with Gasteiger partial charge in [-0.15, -0.1) is 0 Å². The summed E-state index contributed by atoms with van der Waals surface area (Å²) in [5.74, 6) is -0.177. The predicted molar refractivity (Wildman–Crippen MR) is 376 cm³/mol. The largest absolute Gasteiger partial charge is 0.497 e. The van der Waals surface area contributed by atoms with Gasteiger partial charge < -0.3 is 70.9 Å².